The SMILES string of the molecule is O=C(COc1ccc(Cl)cc1)Nc1ccc(N2CCc3ccccc3C2)c(C(=O)NC2CC2)c1. The van der Waals surface area contributed by atoms with Gasteiger partial charge in [-0.1, -0.05) is 35.9 Å². The van der Waals surface area contributed by atoms with Gasteiger partial charge in [-0.15, -0.1) is 0 Å². The van der Waals surface area contributed by atoms with Gasteiger partial charge in [-0.05, 0) is 72.9 Å². The molecule has 2 amide bonds. The summed E-state index contributed by atoms with van der Waals surface area (Å²) in [6.07, 6.45) is 2.95. The van der Waals surface area contributed by atoms with Gasteiger partial charge < -0.3 is 20.3 Å². The summed E-state index contributed by atoms with van der Waals surface area (Å²) in [4.78, 5) is 27.8. The van der Waals surface area contributed by atoms with Crippen molar-refractivity contribution in [3.8, 4) is 5.75 Å². The van der Waals surface area contributed by atoms with E-state index in [4.69, 9.17) is 16.3 Å². The molecule has 3 aromatic carbocycles. The molecule has 3 aromatic rings. The number of rotatable bonds is 7. The standard InChI is InChI=1S/C27H26ClN3O3/c28-20-5-10-23(11-6-20)34-17-26(32)29-22-9-12-25(24(15-22)27(33)30-21-7-8-21)31-14-13-18-3-1-2-4-19(18)16-31/h1-6,9-12,15,21H,7-8,13-14,16-17H2,(H,29,32)(H,30,33). The lowest BCUT2D eigenvalue weighted by atomic mass is 9.98. The predicted octanol–water partition coefficient (Wildman–Crippen LogP) is 4.81. The van der Waals surface area contributed by atoms with Gasteiger partial charge in [0.15, 0.2) is 6.61 Å². The molecule has 0 atom stereocenters. The summed E-state index contributed by atoms with van der Waals surface area (Å²) < 4.78 is 5.53. The van der Waals surface area contributed by atoms with E-state index in [0.717, 1.165) is 38.0 Å². The molecule has 6 nitrogen and oxygen atoms in total. The number of fused-ring (bicyclic) bond motifs is 1. The number of hydrogen-bond acceptors (Lipinski definition) is 4. The average molecular weight is 476 g/mol. The second-order valence-electron chi connectivity index (χ2n) is 8.71. The Morgan fingerprint density at radius 1 is 1.00 bits per heavy atom. The summed E-state index contributed by atoms with van der Waals surface area (Å²) in [5, 5.41) is 6.53. The van der Waals surface area contributed by atoms with Crippen LogP contribution in [0.15, 0.2) is 66.7 Å². The largest absolute Gasteiger partial charge is 0.484 e. The number of halogens is 1. The van der Waals surface area contributed by atoms with E-state index in [1.807, 2.05) is 18.2 Å². The van der Waals surface area contributed by atoms with Crippen LogP contribution in [0.25, 0.3) is 0 Å². The van der Waals surface area contributed by atoms with Gasteiger partial charge in [0.25, 0.3) is 11.8 Å². The van der Waals surface area contributed by atoms with Crippen LogP contribution in [0, 0.1) is 0 Å². The average Bonchev–Trinajstić information content (AvgIpc) is 3.67. The molecule has 174 valence electrons. The van der Waals surface area contributed by atoms with Crippen LogP contribution >= 0.6 is 11.6 Å². The number of ether oxygens (including phenoxy) is 1. The van der Waals surface area contributed by atoms with Crippen molar-refractivity contribution in [1.82, 2.24) is 5.32 Å². The van der Waals surface area contributed by atoms with Gasteiger partial charge in [0.05, 0.1) is 5.56 Å². The minimum Gasteiger partial charge on any atom is -0.484 e. The molecule has 1 aliphatic heterocycles. The number of carbonyl (C=O) groups is 2. The fourth-order valence-electron chi connectivity index (χ4n) is 4.14. The van der Waals surface area contributed by atoms with Crippen molar-refractivity contribution in [2.45, 2.75) is 31.8 Å². The first kappa shape index (κ1) is 22.3. The molecule has 1 heterocycles. The summed E-state index contributed by atoms with van der Waals surface area (Å²) in [5.41, 5.74) is 4.64. The molecule has 2 aliphatic rings. The lowest BCUT2D eigenvalue weighted by molar-refractivity contribution is -0.118. The van der Waals surface area contributed by atoms with Gasteiger partial charge in [-0.25, -0.2) is 0 Å². The Morgan fingerprint density at radius 3 is 2.53 bits per heavy atom. The van der Waals surface area contributed by atoms with E-state index in [2.05, 4.69) is 33.7 Å². The quantitative estimate of drug-likeness (QED) is 0.514. The van der Waals surface area contributed by atoms with Crippen LogP contribution in [0.2, 0.25) is 5.02 Å². The molecule has 34 heavy (non-hydrogen) atoms. The summed E-state index contributed by atoms with van der Waals surface area (Å²) in [6, 6.07) is 21.0. The van der Waals surface area contributed by atoms with E-state index < -0.39 is 0 Å². The minimum atomic E-state index is -0.303. The van der Waals surface area contributed by atoms with Crippen LogP contribution < -0.4 is 20.3 Å². The number of nitrogens with zero attached hydrogens (tertiary/aromatic N) is 1. The summed E-state index contributed by atoms with van der Waals surface area (Å²) in [7, 11) is 0. The number of carbonyl (C=O) groups excluding carboxylic acids is 2. The topological polar surface area (TPSA) is 70.7 Å². The molecule has 0 bridgehead atoms. The third-order valence-electron chi connectivity index (χ3n) is 6.09. The molecule has 2 N–H and O–H groups in total. The molecule has 1 fully saturated rings. The number of nitrogens with one attached hydrogen (secondary N) is 2. The van der Waals surface area contributed by atoms with E-state index in [1.165, 1.54) is 11.1 Å². The van der Waals surface area contributed by atoms with Crippen molar-refractivity contribution in [3.05, 3.63) is 88.4 Å². The van der Waals surface area contributed by atoms with Crippen LogP contribution in [0.1, 0.15) is 34.3 Å². The number of hydrogen-bond donors (Lipinski definition) is 2. The Labute approximate surface area is 203 Å². The highest BCUT2D eigenvalue weighted by molar-refractivity contribution is 6.30. The molecule has 5 rings (SSSR count). The van der Waals surface area contributed by atoms with Gasteiger partial charge in [0, 0.05) is 35.5 Å². The van der Waals surface area contributed by atoms with Gasteiger partial charge >= 0.3 is 0 Å². The molecular formula is C27H26ClN3O3. The molecule has 7 heteroatoms. The van der Waals surface area contributed by atoms with Crippen molar-refractivity contribution >= 4 is 34.8 Å². The lowest BCUT2D eigenvalue weighted by Crippen LogP contribution is -2.33. The van der Waals surface area contributed by atoms with Crippen LogP contribution in [0.5, 0.6) is 5.75 Å². The molecule has 1 saturated carbocycles. The molecule has 0 unspecified atom stereocenters. The van der Waals surface area contributed by atoms with Gasteiger partial charge in [0.1, 0.15) is 5.75 Å². The molecular weight excluding hydrogens is 450 g/mol. The van der Waals surface area contributed by atoms with E-state index in [0.29, 0.717) is 22.0 Å². The van der Waals surface area contributed by atoms with Crippen molar-refractivity contribution in [3.63, 3.8) is 0 Å². The zero-order chi connectivity index (χ0) is 23.5. The highest BCUT2D eigenvalue weighted by Gasteiger charge is 2.27. The van der Waals surface area contributed by atoms with Crippen LogP contribution in [-0.2, 0) is 17.8 Å². The van der Waals surface area contributed by atoms with E-state index in [9.17, 15) is 9.59 Å². The summed E-state index contributed by atoms with van der Waals surface area (Å²) in [5.74, 6) is 0.151. The number of amides is 2. The van der Waals surface area contributed by atoms with Crippen molar-refractivity contribution < 1.29 is 14.3 Å². The first-order chi connectivity index (χ1) is 16.5. The van der Waals surface area contributed by atoms with Crippen molar-refractivity contribution in [1.29, 1.82) is 0 Å². The molecule has 1 aliphatic carbocycles. The Balaban J connectivity index is 1.32. The molecule has 0 radical (unpaired) electrons. The van der Waals surface area contributed by atoms with Crippen LogP contribution in [-0.4, -0.2) is 31.0 Å². The third-order valence-corrected chi connectivity index (χ3v) is 6.34. The maximum absolute atomic E-state index is 13.1. The summed E-state index contributed by atoms with van der Waals surface area (Å²) >= 11 is 5.88. The van der Waals surface area contributed by atoms with E-state index in [-0.39, 0.29) is 24.5 Å². The smallest absolute Gasteiger partial charge is 0.262 e. The Hall–Kier alpha value is -3.51. The van der Waals surface area contributed by atoms with Crippen LogP contribution in [0.4, 0.5) is 11.4 Å². The maximum Gasteiger partial charge on any atom is 0.262 e. The predicted molar refractivity (Wildman–Crippen MR) is 134 cm³/mol. The Kier molecular flexibility index (Phi) is 6.41. The molecule has 0 spiro atoms. The number of anilines is 2. The third kappa shape index (κ3) is 5.34. The second kappa shape index (κ2) is 9.77. The highest BCUT2D eigenvalue weighted by atomic mass is 35.5. The Bertz CT molecular complexity index is 1210. The fraction of sp³-hybridized carbons (Fsp3) is 0.259. The first-order valence-electron chi connectivity index (χ1n) is 11.5. The Morgan fingerprint density at radius 2 is 1.76 bits per heavy atom. The maximum atomic E-state index is 13.1. The molecule has 0 aromatic heterocycles. The number of benzene rings is 3. The second-order valence-corrected chi connectivity index (χ2v) is 9.15. The summed E-state index contributed by atoms with van der Waals surface area (Å²) in [6.45, 7) is 1.44. The van der Waals surface area contributed by atoms with Crippen molar-refractivity contribution in [2.75, 3.05) is 23.4 Å². The monoisotopic (exact) mass is 475 g/mol. The van der Waals surface area contributed by atoms with Gasteiger partial charge in [-0.2, -0.15) is 0 Å². The normalized spacial score (nSPS) is 14.8. The zero-order valence-corrected chi connectivity index (χ0v) is 19.5. The van der Waals surface area contributed by atoms with Crippen LogP contribution in [0.3, 0.4) is 0 Å². The lowest BCUT2D eigenvalue weighted by Gasteiger charge is -2.32. The van der Waals surface area contributed by atoms with Crippen molar-refractivity contribution in [2.24, 2.45) is 0 Å². The zero-order valence-electron chi connectivity index (χ0n) is 18.7. The minimum absolute atomic E-state index is 0.107. The first-order valence-corrected chi connectivity index (χ1v) is 11.9. The van der Waals surface area contributed by atoms with E-state index in [1.54, 1.807) is 30.3 Å². The van der Waals surface area contributed by atoms with Gasteiger partial charge in [0.2, 0.25) is 0 Å². The fourth-order valence-corrected chi connectivity index (χ4v) is 4.27. The molecule has 0 saturated heterocycles. The van der Waals surface area contributed by atoms with Gasteiger partial charge in [-0.3, -0.25) is 9.59 Å². The van der Waals surface area contributed by atoms with E-state index >= 15 is 0 Å². The highest BCUT2D eigenvalue weighted by Crippen LogP contribution is 2.30.